The molecule has 1 aromatic carbocycles. The van der Waals surface area contributed by atoms with Crippen LogP contribution in [0.1, 0.15) is 29.9 Å². The largest absolute Gasteiger partial charge is 0.476 e. The van der Waals surface area contributed by atoms with Gasteiger partial charge in [-0.1, -0.05) is 5.16 Å². The van der Waals surface area contributed by atoms with Crippen molar-refractivity contribution in [2.45, 2.75) is 38.5 Å². The van der Waals surface area contributed by atoms with Crippen molar-refractivity contribution in [2.75, 3.05) is 11.4 Å². The maximum Gasteiger partial charge on any atom is 0.355 e. The van der Waals surface area contributed by atoms with Crippen molar-refractivity contribution in [1.82, 2.24) is 20.8 Å². The highest BCUT2D eigenvalue weighted by Crippen LogP contribution is 2.49. The van der Waals surface area contributed by atoms with Crippen LogP contribution in [0, 0.1) is 11.2 Å². The monoisotopic (exact) mass is 515 g/mol. The van der Waals surface area contributed by atoms with E-state index in [1.54, 1.807) is 24.8 Å². The first kappa shape index (κ1) is 22.5. The third-order valence-electron chi connectivity index (χ3n) is 6.89. The molecule has 186 valence electrons. The second-order valence-corrected chi connectivity index (χ2v) is 9.94. The number of hydrogen-bond acceptors (Lipinski definition) is 10. The molecule has 5 heterocycles. The number of anilines is 1. The molecule has 2 fully saturated rings. The van der Waals surface area contributed by atoms with E-state index in [4.69, 9.17) is 9.26 Å². The SMILES string of the molecule is C[C@@H]1CN2c3c(cc4c(-c5nc(C(=O)O)cs5)noc4c3F)CC3(C(=O)NC(=O)NC3=O)[C@H]2[C@H](C)O1. The summed E-state index contributed by atoms with van der Waals surface area (Å²) in [4.78, 5) is 55.3. The topological polar surface area (TPSA) is 164 Å². The fourth-order valence-corrected chi connectivity index (χ4v) is 6.37. The van der Waals surface area contributed by atoms with Gasteiger partial charge in [0.25, 0.3) is 0 Å². The number of rotatable bonds is 2. The smallest absolute Gasteiger partial charge is 0.355 e. The van der Waals surface area contributed by atoms with E-state index in [2.05, 4.69) is 20.8 Å². The summed E-state index contributed by atoms with van der Waals surface area (Å²) in [6.45, 7) is 3.67. The number of fused-ring (bicyclic) bond motifs is 5. The first-order valence-electron chi connectivity index (χ1n) is 11.0. The van der Waals surface area contributed by atoms with E-state index < -0.39 is 47.2 Å². The number of ether oxygens (including phenoxy) is 1. The van der Waals surface area contributed by atoms with Crippen LogP contribution in [0.4, 0.5) is 14.9 Å². The van der Waals surface area contributed by atoms with E-state index in [0.29, 0.717) is 5.56 Å². The summed E-state index contributed by atoms with van der Waals surface area (Å²) < 4.78 is 27.3. The molecule has 1 spiro atoms. The molecule has 2 aromatic heterocycles. The van der Waals surface area contributed by atoms with Gasteiger partial charge in [-0.15, -0.1) is 11.3 Å². The molecule has 3 atom stereocenters. The molecule has 4 amide bonds. The van der Waals surface area contributed by atoms with Crippen LogP contribution in [0.2, 0.25) is 0 Å². The molecule has 3 aromatic rings. The van der Waals surface area contributed by atoms with Gasteiger partial charge in [0.1, 0.15) is 5.01 Å². The molecule has 2 saturated heterocycles. The van der Waals surface area contributed by atoms with Gasteiger partial charge in [0, 0.05) is 18.3 Å². The minimum atomic E-state index is -1.77. The van der Waals surface area contributed by atoms with Crippen molar-refractivity contribution < 1.29 is 37.9 Å². The van der Waals surface area contributed by atoms with Gasteiger partial charge in [-0.05, 0) is 25.5 Å². The molecule has 12 nitrogen and oxygen atoms in total. The molecule has 3 aliphatic heterocycles. The maximum atomic E-state index is 16.1. The second-order valence-electron chi connectivity index (χ2n) is 9.08. The molecule has 0 aliphatic carbocycles. The van der Waals surface area contributed by atoms with Crippen LogP contribution in [-0.4, -0.2) is 63.9 Å². The van der Waals surface area contributed by atoms with Crippen molar-refractivity contribution in [2.24, 2.45) is 5.41 Å². The van der Waals surface area contributed by atoms with Crippen LogP contribution in [0.25, 0.3) is 21.7 Å². The number of benzene rings is 1. The first-order chi connectivity index (χ1) is 17.1. The van der Waals surface area contributed by atoms with E-state index in [0.717, 1.165) is 11.3 Å². The van der Waals surface area contributed by atoms with Crippen molar-refractivity contribution in [1.29, 1.82) is 0 Å². The van der Waals surface area contributed by atoms with Gasteiger partial charge in [0.15, 0.2) is 22.6 Å². The molecule has 36 heavy (non-hydrogen) atoms. The summed E-state index contributed by atoms with van der Waals surface area (Å²) in [5.41, 5.74) is -1.50. The van der Waals surface area contributed by atoms with E-state index in [9.17, 15) is 24.3 Å². The van der Waals surface area contributed by atoms with Crippen molar-refractivity contribution in [3.8, 4) is 10.7 Å². The lowest BCUT2D eigenvalue weighted by atomic mass is 9.66. The molecule has 0 bridgehead atoms. The summed E-state index contributed by atoms with van der Waals surface area (Å²) >= 11 is 1.01. The fraction of sp³-hybridized carbons (Fsp3) is 0.364. The molecule has 3 aliphatic rings. The first-order valence-corrected chi connectivity index (χ1v) is 11.9. The Hall–Kier alpha value is -3.91. The number of aromatic carboxylic acids is 1. The second kappa shape index (κ2) is 7.54. The Labute approximate surface area is 205 Å². The number of morpholine rings is 1. The summed E-state index contributed by atoms with van der Waals surface area (Å²) in [6, 6.07) is -0.256. The number of urea groups is 1. The molecule has 0 radical (unpaired) electrons. The Bertz CT molecular complexity index is 1480. The highest BCUT2D eigenvalue weighted by atomic mass is 32.1. The van der Waals surface area contributed by atoms with E-state index in [-0.39, 0.29) is 52.1 Å². The number of nitrogens with zero attached hydrogens (tertiary/aromatic N) is 3. The number of carboxylic acids is 1. The Kier molecular flexibility index (Phi) is 4.72. The van der Waals surface area contributed by atoms with Crippen LogP contribution in [-0.2, 0) is 20.7 Å². The van der Waals surface area contributed by atoms with Gasteiger partial charge in [0.2, 0.25) is 17.4 Å². The highest BCUT2D eigenvalue weighted by molar-refractivity contribution is 7.13. The van der Waals surface area contributed by atoms with Crippen LogP contribution in [0.15, 0.2) is 16.0 Å². The zero-order chi connectivity index (χ0) is 25.5. The molecular weight excluding hydrogens is 497 g/mol. The van der Waals surface area contributed by atoms with E-state index >= 15 is 4.39 Å². The molecular formula is C22H18FN5O7S. The lowest BCUT2D eigenvalue weighted by Gasteiger charge is -2.55. The number of imide groups is 2. The Balaban J connectivity index is 1.58. The minimum absolute atomic E-state index is 0.136. The van der Waals surface area contributed by atoms with Gasteiger partial charge in [-0.3, -0.25) is 20.2 Å². The molecule has 14 heteroatoms. The number of carbonyl (C=O) groups excluding carboxylic acids is 3. The van der Waals surface area contributed by atoms with Gasteiger partial charge >= 0.3 is 12.0 Å². The highest BCUT2D eigenvalue weighted by Gasteiger charge is 2.63. The molecule has 0 saturated carbocycles. The summed E-state index contributed by atoms with van der Waals surface area (Å²) in [7, 11) is 0. The molecule has 6 rings (SSSR count). The Morgan fingerprint density at radius 3 is 2.67 bits per heavy atom. The Morgan fingerprint density at radius 1 is 1.28 bits per heavy atom. The van der Waals surface area contributed by atoms with Crippen molar-refractivity contribution in [3.05, 3.63) is 28.5 Å². The number of thiazole rings is 1. The van der Waals surface area contributed by atoms with Crippen molar-refractivity contribution in [3.63, 3.8) is 0 Å². The number of carboxylic acid groups (broad SMARTS) is 1. The number of nitrogens with one attached hydrogen (secondary N) is 2. The van der Waals surface area contributed by atoms with E-state index in [1.807, 2.05) is 0 Å². The van der Waals surface area contributed by atoms with Gasteiger partial charge in [0.05, 0.1) is 29.3 Å². The zero-order valence-corrected chi connectivity index (χ0v) is 19.6. The number of barbiturate groups is 1. The minimum Gasteiger partial charge on any atom is -0.476 e. The average Bonchev–Trinajstić information content (AvgIpc) is 3.44. The summed E-state index contributed by atoms with van der Waals surface area (Å²) in [6.07, 6.45) is -1.22. The zero-order valence-electron chi connectivity index (χ0n) is 18.8. The predicted molar refractivity (Wildman–Crippen MR) is 121 cm³/mol. The maximum absolute atomic E-state index is 16.1. The third-order valence-corrected chi connectivity index (χ3v) is 7.74. The normalized spacial score (nSPS) is 24.9. The lowest BCUT2D eigenvalue weighted by molar-refractivity contribution is -0.153. The van der Waals surface area contributed by atoms with Crippen LogP contribution >= 0.6 is 11.3 Å². The number of carbonyl (C=O) groups is 4. The lowest BCUT2D eigenvalue weighted by Crippen LogP contribution is -2.75. The number of amides is 4. The van der Waals surface area contributed by atoms with Crippen LogP contribution in [0.3, 0.4) is 0 Å². The van der Waals surface area contributed by atoms with Gasteiger partial charge in [-0.25, -0.2) is 19.0 Å². The number of aromatic nitrogens is 2. The average molecular weight is 515 g/mol. The van der Waals surface area contributed by atoms with Crippen LogP contribution < -0.4 is 15.5 Å². The quantitative estimate of drug-likeness (QED) is 0.428. The summed E-state index contributed by atoms with van der Waals surface area (Å²) in [5.74, 6) is -3.54. The van der Waals surface area contributed by atoms with Crippen LogP contribution in [0.5, 0.6) is 0 Å². The Morgan fingerprint density at radius 2 is 2.00 bits per heavy atom. The molecule has 0 unspecified atom stereocenters. The molecule has 3 N–H and O–H groups in total. The summed E-state index contributed by atoms with van der Waals surface area (Å²) in [5, 5.41) is 19.3. The van der Waals surface area contributed by atoms with E-state index in [1.165, 1.54) is 5.38 Å². The van der Waals surface area contributed by atoms with Gasteiger partial charge in [-0.2, -0.15) is 0 Å². The number of halogens is 1. The standard InChI is InChI=1S/C22H18FN5O7S/c1-7-5-28-14-9(4-22(16(28)8(2)34-7)19(31)25-21(33)26-20(22)32)3-10-13(27-35-15(10)12(14)23)17-24-11(6-36-17)18(29)30/h3,6-8,16H,4-5H2,1-2H3,(H,29,30)(H2,25,26,31,32,33)/t7-,8+,16-/m1/s1. The van der Waals surface area contributed by atoms with Gasteiger partial charge < -0.3 is 19.3 Å². The number of hydrogen-bond donors (Lipinski definition) is 3. The fourth-order valence-electron chi connectivity index (χ4n) is 5.58. The van der Waals surface area contributed by atoms with Crippen molar-refractivity contribution >= 4 is 51.8 Å². The third kappa shape index (κ3) is 2.94. The predicted octanol–water partition coefficient (Wildman–Crippen LogP) is 1.68.